The first-order chi connectivity index (χ1) is 6.00. The van der Waals surface area contributed by atoms with Crippen LogP contribution >= 0.6 is 0 Å². The van der Waals surface area contributed by atoms with E-state index in [0.29, 0.717) is 6.26 Å². The fourth-order valence-corrected chi connectivity index (χ4v) is 1.33. The van der Waals surface area contributed by atoms with E-state index in [4.69, 9.17) is 9.85 Å². The minimum absolute atomic E-state index is 0.285. The lowest BCUT2D eigenvalue weighted by Crippen LogP contribution is -2.35. The molecule has 0 bridgehead atoms. The van der Waals surface area contributed by atoms with Crippen molar-refractivity contribution in [2.45, 2.75) is 24.9 Å². The highest BCUT2D eigenvalue weighted by Gasteiger charge is 2.24. The second-order valence-electron chi connectivity index (χ2n) is 2.00. The van der Waals surface area contributed by atoms with Crippen LogP contribution in [0.4, 0.5) is 0 Å². The van der Waals surface area contributed by atoms with Crippen molar-refractivity contribution in [2.75, 3.05) is 6.26 Å². The molecule has 0 radical (unpaired) electrons. The van der Waals surface area contributed by atoms with Crippen molar-refractivity contribution < 1.29 is 17.3 Å². The smallest absolute Gasteiger partial charge is 0.235 e. The van der Waals surface area contributed by atoms with Gasteiger partial charge in [0.1, 0.15) is 5.23 Å². The summed E-state index contributed by atoms with van der Waals surface area (Å²) in [7, 11) is -4.22. The van der Waals surface area contributed by atoms with Gasteiger partial charge in [0.2, 0.25) is 5.91 Å². The van der Waals surface area contributed by atoms with Crippen LogP contribution in [0.3, 0.4) is 0 Å². The van der Waals surface area contributed by atoms with E-state index in [9.17, 15) is 13.2 Å². The van der Waals surface area contributed by atoms with Gasteiger partial charge in [0, 0.05) is 9.00 Å². The van der Waals surface area contributed by atoms with Gasteiger partial charge in [0.15, 0.2) is 9.84 Å². The van der Waals surface area contributed by atoms with Crippen molar-refractivity contribution in [3.8, 4) is 0 Å². The Labute approximate surface area is 70.9 Å². The third kappa shape index (κ3) is 3.36. The van der Waals surface area contributed by atoms with Crippen molar-refractivity contribution in [3.05, 3.63) is 0 Å². The zero-order valence-corrected chi connectivity index (χ0v) is 7.23. The molecule has 0 aliphatic carbocycles. The first kappa shape index (κ1) is 5.99. The van der Waals surface area contributed by atoms with E-state index in [1.807, 2.05) is 0 Å². The van der Waals surface area contributed by atoms with Crippen molar-refractivity contribution >= 4 is 15.7 Å². The fourth-order valence-electron chi connectivity index (χ4n) is 0.561. The average Bonchev–Trinajstić information content (AvgIpc) is 2.00. The molecule has 0 aromatic carbocycles. The van der Waals surface area contributed by atoms with E-state index < -0.39 is 27.3 Å². The van der Waals surface area contributed by atoms with Gasteiger partial charge in [-0.05, 0) is 6.37 Å². The summed E-state index contributed by atoms with van der Waals surface area (Å²) in [6.07, 6.45) is -2.16. The highest BCUT2D eigenvalue weighted by atomic mass is 32.2. The average molecular weight is 182 g/mol. The maximum Gasteiger partial charge on any atom is 0.235 e. The Morgan fingerprint density at radius 2 is 2.27 bits per heavy atom. The maximum atomic E-state index is 11.2. The van der Waals surface area contributed by atoms with E-state index in [1.165, 1.54) is 6.92 Å². The van der Waals surface area contributed by atoms with Gasteiger partial charge < -0.3 is 5.73 Å². The Balaban J connectivity index is 5.70. The monoisotopic (exact) mass is 182 g/mol. The molecule has 0 aliphatic rings. The summed E-state index contributed by atoms with van der Waals surface area (Å²) in [6.45, 7) is 1.34. The molecule has 2 N–H and O–H groups in total. The molecule has 1 amide bonds. The number of carbonyl (C=O) groups is 1. The first-order valence-electron chi connectivity index (χ1n) is 4.50. The molecule has 4 nitrogen and oxygen atoms in total. The van der Waals surface area contributed by atoms with Crippen molar-refractivity contribution in [1.82, 2.24) is 0 Å². The van der Waals surface area contributed by atoms with Crippen LogP contribution in [0.25, 0.3) is 0 Å². The molecule has 0 saturated heterocycles. The van der Waals surface area contributed by atoms with Crippen molar-refractivity contribution in [2.24, 2.45) is 5.73 Å². The molecule has 0 spiro atoms. The zero-order chi connectivity index (χ0) is 11.8. The van der Waals surface area contributed by atoms with Crippen molar-refractivity contribution in [3.63, 3.8) is 0 Å². The Morgan fingerprint density at radius 1 is 1.82 bits per heavy atom. The SMILES string of the molecule is [2H]C([2H])(CC)C([2H])(C(N)=O)S(C)(=O)=O. The van der Waals surface area contributed by atoms with Gasteiger partial charge in [-0.3, -0.25) is 4.79 Å². The number of hydrogen-bond donors (Lipinski definition) is 1. The van der Waals surface area contributed by atoms with Gasteiger partial charge in [-0.1, -0.05) is 13.3 Å². The van der Waals surface area contributed by atoms with Gasteiger partial charge >= 0.3 is 0 Å². The lowest BCUT2D eigenvalue weighted by Gasteiger charge is -2.08. The van der Waals surface area contributed by atoms with E-state index in [1.54, 1.807) is 0 Å². The molecule has 11 heavy (non-hydrogen) atoms. The van der Waals surface area contributed by atoms with Crippen LogP contribution in [-0.4, -0.2) is 25.8 Å². The molecular formula is C6H13NO3S. The number of primary amides is 1. The Morgan fingerprint density at radius 3 is 2.36 bits per heavy atom. The molecule has 0 fully saturated rings. The zero-order valence-electron chi connectivity index (χ0n) is 9.42. The molecule has 0 saturated carbocycles. The molecule has 1 unspecified atom stereocenters. The molecule has 5 heteroatoms. The van der Waals surface area contributed by atoms with E-state index >= 15 is 0 Å². The van der Waals surface area contributed by atoms with E-state index in [2.05, 4.69) is 0 Å². The summed E-state index contributed by atoms with van der Waals surface area (Å²) in [5.74, 6) is -1.49. The molecule has 66 valence electrons. The number of sulfone groups is 1. The van der Waals surface area contributed by atoms with Crippen LogP contribution in [0.1, 0.15) is 23.8 Å². The third-order valence-corrected chi connectivity index (χ3v) is 2.02. The number of hydrogen-bond acceptors (Lipinski definition) is 3. The fraction of sp³-hybridized carbons (Fsp3) is 0.833. The van der Waals surface area contributed by atoms with Crippen LogP contribution in [0.2, 0.25) is 0 Å². The predicted octanol–water partition coefficient (Wildman–Crippen LogP) is -0.315. The number of nitrogens with two attached hydrogens (primary N) is 1. The lowest BCUT2D eigenvalue weighted by atomic mass is 10.2. The summed E-state index contributed by atoms with van der Waals surface area (Å²) in [6, 6.07) is 0. The molecule has 0 heterocycles. The van der Waals surface area contributed by atoms with Crippen molar-refractivity contribution in [1.29, 1.82) is 0 Å². The molecular weight excluding hydrogens is 166 g/mol. The summed E-state index contributed by atoms with van der Waals surface area (Å²) < 4.78 is 44.4. The first-order valence-corrected chi connectivity index (χ1v) is 4.89. The molecule has 0 aromatic rings. The predicted molar refractivity (Wildman–Crippen MR) is 42.7 cm³/mol. The van der Waals surface area contributed by atoms with E-state index in [0.717, 1.165) is 0 Å². The largest absolute Gasteiger partial charge is 0.369 e. The third-order valence-electron chi connectivity index (χ3n) is 0.932. The maximum absolute atomic E-state index is 11.2. The highest BCUT2D eigenvalue weighted by molar-refractivity contribution is 7.92. The summed E-state index contributed by atoms with van der Waals surface area (Å²) in [5.41, 5.74) is 4.77. The van der Waals surface area contributed by atoms with Gasteiger partial charge in [-0.15, -0.1) is 0 Å². The van der Waals surface area contributed by atoms with Gasteiger partial charge in [0.25, 0.3) is 0 Å². The highest BCUT2D eigenvalue weighted by Crippen LogP contribution is 2.05. The van der Waals surface area contributed by atoms with Crippen LogP contribution in [0.5, 0.6) is 0 Å². The number of carbonyl (C=O) groups excluding carboxylic acids is 1. The minimum Gasteiger partial charge on any atom is -0.369 e. The lowest BCUT2D eigenvalue weighted by molar-refractivity contribution is -0.117. The standard InChI is InChI=1S/C6H13NO3S/c1-3-4-5(6(7)8)11(2,9)10/h5H,3-4H2,1-2H3,(H2,7,8)/i4D2,5D. The van der Waals surface area contributed by atoms with E-state index in [-0.39, 0.29) is 6.42 Å². The molecule has 0 rings (SSSR count). The number of rotatable bonds is 4. The Bertz CT molecular complexity index is 340. The second kappa shape index (κ2) is 3.71. The second-order valence-corrected chi connectivity index (χ2v) is 3.95. The quantitative estimate of drug-likeness (QED) is 0.647. The molecule has 0 aromatic heterocycles. The molecule has 1 atom stereocenters. The Kier molecular flexibility index (Phi) is 2.02. The van der Waals surface area contributed by atoms with Crippen LogP contribution in [0, 0.1) is 0 Å². The number of amides is 1. The Hall–Kier alpha value is -0.580. The van der Waals surface area contributed by atoms with Gasteiger partial charge in [0.05, 0.1) is 1.37 Å². The minimum atomic E-state index is -4.22. The van der Waals surface area contributed by atoms with Crippen LogP contribution < -0.4 is 5.73 Å². The summed E-state index contributed by atoms with van der Waals surface area (Å²) >= 11 is 0. The van der Waals surface area contributed by atoms with Gasteiger partial charge in [-0.25, -0.2) is 8.42 Å². The topological polar surface area (TPSA) is 77.2 Å². The summed E-state index contributed by atoms with van der Waals surface area (Å²) in [4.78, 5) is 10.9. The van der Waals surface area contributed by atoms with Crippen LogP contribution in [-0.2, 0) is 14.6 Å². The molecule has 0 aliphatic heterocycles. The van der Waals surface area contributed by atoms with Crippen LogP contribution in [0.15, 0.2) is 0 Å². The normalized spacial score (nSPS) is 22.5. The van der Waals surface area contributed by atoms with Gasteiger partial charge in [-0.2, -0.15) is 0 Å². The summed E-state index contributed by atoms with van der Waals surface area (Å²) in [5, 5.41) is -2.92.